The van der Waals surface area contributed by atoms with E-state index in [2.05, 4.69) is 12.2 Å². The van der Waals surface area contributed by atoms with Crippen molar-refractivity contribution in [3.8, 4) is 0 Å². The molecule has 2 aliphatic rings. The summed E-state index contributed by atoms with van der Waals surface area (Å²) in [4.78, 5) is 14.7. The van der Waals surface area contributed by atoms with Gasteiger partial charge in [-0.1, -0.05) is 30.7 Å². The molecular weight excluding hydrogens is 260 g/mol. The molecule has 1 aromatic carbocycles. The summed E-state index contributed by atoms with van der Waals surface area (Å²) in [6.45, 7) is 5.10. The first-order valence-corrected chi connectivity index (χ1v) is 7.36. The van der Waals surface area contributed by atoms with Crippen LogP contribution in [0.5, 0.6) is 0 Å². The standard InChI is InChI=1S/C15H19ClN2O/c1-2-14-12-8-17-7-10(12)9-18(14)15(19)11-5-3-4-6-13(11)16/h3-6,10,12,14,17H,2,7-9H2,1H3. The van der Waals surface area contributed by atoms with Crippen LogP contribution in [-0.4, -0.2) is 36.5 Å². The Morgan fingerprint density at radius 1 is 1.42 bits per heavy atom. The lowest BCUT2D eigenvalue weighted by atomic mass is 9.93. The summed E-state index contributed by atoms with van der Waals surface area (Å²) >= 11 is 6.15. The molecule has 0 aliphatic carbocycles. The van der Waals surface area contributed by atoms with Crippen LogP contribution < -0.4 is 5.32 Å². The third kappa shape index (κ3) is 2.15. The van der Waals surface area contributed by atoms with Gasteiger partial charge in [-0.2, -0.15) is 0 Å². The van der Waals surface area contributed by atoms with Gasteiger partial charge in [-0.15, -0.1) is 0 Å². The molecule has 1 amide bonds. The van der Waals surface area contributed by atoms with Crippen molar-refractivity contribution in [1.29, 1.82) is 0 Å². The Balaban J connectivity index is 1.86. The zero-order chi connectivity index (χ0) is 13.4. The van der Waals surface area contributed by atoms with E-state index < -0.39 is 0 Å². The summed E-state index contributed by atoms with van der Waals surface area (Å²) in [7, 11) is 0. The van der Waals surface area contributed by atoms with Crippen molar-refractivity contribution in [2.45, 2.75) is 19.4 Å². The molecule has 0 spiro atoms. The lowest BCUT2D eigenvalue weighted by molar-refractivity contribution is 0.0712. The predicted molar refractivity (Wildman–Crippen MR) is 76.4 cm³/mol. The molecule has 2 aliphatic heterocycles. The zero-order valence-corrected chi connectivity index (χ0v) is 11.9. The molecule has 19 heavy (non-hydrogen) atoms. The van der Waals surface area contributed by atoms with Crippen LogP contribution in [0.15, 0.2) is 24.3 Å². The Kier molecular flexibility index (Phi) is 3.50. The van der Waals surface area contributed by atoms with E-state index in [1.54, 1.807) is 6.07 Å². The number of hydrogen-bond acceptors (Lipinski definition) is 2. The first-order chi connectivity index (χ1) is 9.22. The molecule has 3 unspecified atom stereocenters. The third-order valence-corrected chi connectivity index (χ3v) is 4.83. The Morgan fingerprint density at radius 2 is 2.21 bits per heavy atom. The number of rotatable bonds is 2. The fraction of sp³-hybridized carbons (Fsp3) is 0.533. The second-order valence-electron chi connectivity index (χ2n) is 5.50. The predicted octanol–water partition coefficient (Wildman–Crippen LogP) is 2.41. The number of carbonyl (C=O) groups excluding carboxylic acids is 1. The molecule has 3 nitrogen and oxygen atoms in total. The number of nitrogens with zero attached hydrogens (tertiary/aromatic N) is 1. The minimum atomic E-state index is 0.0897. The van der Waals surface area contributed by atoms with Gasteiger partial charge in [0, 0.05) is 25.7 Å². The van der Waals surface area contributed by atoms with Crippen molar-refractivity contribution < 1.29 is 4.79 Å². The van der Waals surface area contributed by atoms with E-state index in [0.717, 1.165) is 26.1 Å². The van der Waals surface area contributed by atoms with Crippen molar-refractivity contribution >= 4 is 17.5 Å². The highest BCUT2D eigenvalue weighted by molar-refractivity contribution is 6.33. The molecule has 1 aromatic rings. The molecule has 0 aromatic heterocycles. The summed E-state index contributed by atoms with van der Waals surface area (Å²) < 4.78 is 0. The molecule has 2 heterocycles. The zero-order valence-electron chi connectivity index (χ0n) is 11.1. The Hall–Kier alpha value is -1.06. The summed E-state index contributed by atoms with van der Waals surface area (Å²) in [6.07, 6.45) is 1.01. The summed E-state index contributed by atoms with van der Waals surface area (Å²) in [5.74, 6) is 1.31. The number of nitrogens with one attached hydrogen (secondary N) is 1. The molecule has 0 bridgehead atoms. The number of hydrogen-bond donors (Lipinski definition) is 1. The van der Waals surface area contributed by atoms with Gasteiger partial charge in [-0.3, -0.25) is 4.79 Å². The first-order valence-electron chi connectivity index (χ1n) is 6.98. The van der Waals surface area contributed by atoms with Gasteiger partial charge < -0.3 is 10.2 Å². The maximum Gasteiger partial charge on any atom is 0.255 e. The molecule has 0 radical (unpaired) electrons. The van der Waals surface area contributed by atoms with E-state index in [1.807, 2.05) is 23.1 Å². The monoisotopic (exact) mass is 278 g/mol. The van der Waals surface area contributed by atoms with E-state index in [9.17, 15) is 4.79 Å². The number of carbonyl (C=O) groups is 1. The lowest BCUT2D eigenvalue weighted by Crippen LogP contribution is -2.39. The van der Waals surface area contributed by atoms with Crippen molar-refractivity contribution in [3.05, 3.63) is 34.9 Å². The Bertz CT molecular complexity index is 491. The second kappa shape index (κ2) is 5.14. The van der Waals surface area contributed by atoms with Crippen LogP contribution in [0, 0.1) is 11.8 Å². The smallest absolute Gasteiger partial charge is 0.255 e. The SMILES string of the molecule is CCC1C2CNCC2CN1C(=O)c1ccccc1Cl. The molecule has 0 saturated carbocycles. The number of amides is 1. The molecule has 3 rings (SSSR count). The van der Waals surface area contributed by atoms with Crippen molar-refractivity contribution in [3.63, 3.8) is 0 Å². The van der Waals surface area contributed by atoms with Gasteiger partial charge in [-0.05, 0) is 30.4 Å². The van der Waals surface area contributed by atoms with Crippen LogP contribution in [0.1, 0.15) is 23.7 Å². The average Bonchev–Trinajstić information content (AvgIpc) is 2.98. The van der Waals surface area contributed by atoms with Crippen LogP contribution in [0.4, 0.5) is 0 Å². The summed E-state index contributed by atoms with van der Waals surface area (Å²) in [6, 6.07) is 7.69. The van der Waals surface area contributed by atoms with Gasteiger partial charge in [0.15, 0.2) is 0 Å². The third-order valence-electron chi connectivity index (χ3n) is 4.50. The first kappa shape index (κ1) is 12.9. The van der Waals surface area contributed by atoms with Gasteiger partial charge in [0.2, 0.25) is 0 Å². The molecule has 4 heteroatoms. The number of fused-ring (bicyclic) bond motifs is 1. The van der Waals surface area contributed by atoms with Crippen LogP contribution >= 0.6 is 11.6 Å². The van der Waals surface area contributed by atoms with Crippen molar-refractivity contribution in [2.24, 2.45) is 11.8 Å². The number of halogens is 1. The fourth-order valence-corrected chi connectivity index (χ4v) is 3.79. The largest absolute Gasteiger partial charge is 0.335 e. The molecule has 102 valence electrons. The highest BCUT2D eigenvalue weighted by Gasteiger charge is 2.45. The highest BCUT2D eigenvalue weighted by Crippen LogP contribution is 2.35. The topological polar surface area (TPSA) is 32.3 Å². The van der Waals surface area contributed by atoms with Crippen LogP contribution in [0.2, 0.25) is 5.02 Å². The Morgan fingerprint density at radius 3 is 2.95 bits per heavy atom. The van der Waals surface area contributed by atoms with Crippen molar-refractivity contribution in [2.75, 3.05) is 19.6 Å². The highest BCUT2D eigenvalue weighted by atomic mass is 35.5. The number of likely N-dealkylation sites (tertiary alicyclic amines) is 1. The Labute approximate surface area is 118 Å². The molecule has 1 N–H and O–H groups in total. The molecule has 2 fully saturated rings. The molecule has 3 atom stereocenters. The van der Waals surface area contributed by atoms with Crippen LogP contribution in [0.3, 0.4) is 0 Å². The number of benzene rings is 1. The van der Waals surface area contributed by atoms with Crippen molar-refractivity contribution in [1.82, 2.24) is 10.2 Å². The maximum atomic E-state index is 12.7. The maximum absolute atomic E-state index is 12.7. The van der Waals surface area contributed by atoms with Gasteiger partial charge in [-0.25, -0.2) is 0 Å². The molecular formula is C15H19ClN2O. The normalized spacial score (nSPS) is 29.6. The van der Waals surface area contributed by atoms with E-state index in [0.29, 0.717) is 28.5 Å². The minimum Gasteiger partial charge on any atom is -0.335 e. The van der Waals surface area contributed by atoms with Gasteiger partial charge in [0.05, 0.1) is 10.6 Å². The van der Waals surface area contributed by atoms with Crippen LogP contribution in [-0.2, 0) is 0 Å². The van der Waals surface area contributed by atoms with E-state index in [-0.39, 0.29) is 5.91 Å². The van der Waals surface area contributed by atoms with E-state index in [1.165, 1.54) is 0 Å². The van der Waals surface area contributed by atoms with Gasteiger partial charge >= 0.3 is 0 Å². The van der Waals surface area contributed by atoms with E-state index >= 15 is 0 Å². The molecule has 2 saturated heterocycles. The lowest BCUT2D eigenvalue weighted by Gasteiger charge is -2.27. The van der Waals surface area contributed by atoms with Crippen LogP contribution in [0.25, 0.3) is 0 Å². The quantitative estimate of drug-likeness (QED) is 0.901. The second-order valence-corrected chi connectivity index (χ2v) is 5.90. The van der Waals surface area contributed by atoms with Gasteiger partial charge in [0.1, 0.15) is 0 Å². The van der Waals surface area contributed by atoms with E-state index in [4.69, 9.17) is 11.6 Å². The summed E-state index contributed by atoms with van der Waals surface area (Å²) in [5, 5.41) is 3.99. The fourth-order valence-electron chi connectivity index (χ4n) is 3.57. The average molecular weight is 279 g/mol. The van der Waals surface area contributed by atoms with Gasteiger partial charge in [0.25, 0.3) is 5.91 Å². The summed E-state index contributed by atoms with van der Waals surface area (Å²) in [5.41, 5.74) is 0.635. The minimum absolute atomic E-state index is 0.0897.